The number of carbonyl (C=O) groups is 1. The van der Waals surface area contributed by atoms with Crippen molar-refractivity contribution in [3.8, 4) is 16.3 Å². The number of halogens is 3. The van der Waals surface area contributed by atoms with Crippen molar-refractivity contribution in [1.29, 1.82) is 0 Å². The quantitative estimate of drug-likeness (QED) is 0.257. The molecule has 2 aliphatic heterocycles. The molecule has 5 rings (SSSR count). The van der Waals surface area contributed by atoms with Crippen molar-refractivity contribution in [3.63, 3.8) is 0 Å². The van der Waals surface area contributed by atoms with Gasteiger partial charge in [-0.1, -0.05) is 6.07 Å². The molecule has 1 aromatic carbocycles. The van der Waals surface area contributed by atoms with Gasteiger partial charge in [0.15, 0.2) is 18.0 Å². The average Bonchev–Trinajstić information content (AvgIpc) is 3.51. The Morgan fingerprint density at radius 3 is 2.62 bits per heavy atom. The molecule has 11 heteroatoms. The van der Waals surface area contributed by atoms with Gasteiger partial charge in [0, 0.05) is 40.1 Å². The van der Waals surface area contributed by atoms with Crippen LogP contribution < -0.4 is 16.0 Å². The van der Waals surface area contributed by atoms with E-state index < -0.39 is 12.9 Å². The lowest BCUT2D eigenvalue weighted by molar-refractivity contribution is -0.360. The maximum atomic E-state index is 15.9. The van der Waals surface area contributed by atoms with Crippen LogP contribution in [0, 0.1) is 0 Å². The van der Waals surface area contributed by atoms with E-state index in [1.54, 1.807) is 54.6 Å². The summed E-state index contributed by atoms with van der Waals surface area (Å²) in [6, 6.07) is 13.8. The number of nitrogens with two attached hydrogens (primary N) is 1. The molecule has 2 aromatic heterocycles. The molecular weight excluding hydrogens is 457 g/mol. The van der Waals surface area contributed by atoms with Crippen LogP contribution >= 0.6 is 23.7 Å². The van der Waals surface area contributed by atoms with Crippen LogP contribution in [0.4, 0.5) is 8.63 Å². The van der Waals surface area contributed by atoms with E-state index >= 15 is 8.63 Å². The highest BCUT2D eigenvalue weighted by atomic mass is 35.5. The van der Waals surface area contributed by atoms with Crippen LogP contribution in [-0.2, 0) is 4.79 Å². The number of hydrazine groups is 1. The van der Waals surface area contributed by atoms with E-state index in [-0.39, 0.29) is 19.0 Å². The summed E-state index contributed by atoms with van der Waals surface area (Å²) in [5, 5.41) is 1.88. The fourth-order valence-electron chi connectivity index (χ4n) is 3.90. The molecule has 0 bridgehead atoms. The monoisotopic (exact) mass is 474 g/mol. The van der Waals surface area contributed by atoms with Crippen molar-refractivity contribution in [2.24, 2.45) is 5.84 Å². The van der Waals surface area contributed by atoms with Crippen molar-refractivity contribution in [1.82, 2.24) is 9.90 Å². The topological polar surface area (TPSA) is 72.3 Å². The minimum atomic E-state index is -4.10. The predicted molar refractivity (Wildman–Crippen MR) is 124 cm³/mol. The molecule has 0 fully saturated rings. The van der Waals surface area contributed by atoms with E-state index in [9.17, 15) is 4.79 Å². The molecule has 32 heavy (non-hydrogen) atoms. The third kappa shape index (κ3) is 3.56. The molecule has 0 atom stereocenters. The number of hydrogen-bond acceptors (Lipinski definition) is 4. The maximum absolute atomic E-state index is 15.9. The first-order valence-corrected chi connectivity index (χ1v) is 10.4. The third-order valence-electron chi connectivity index (χ3n) is 5.27. The Bertz CT molecular complexity index is 1270. The number of benzene rings is 1. The summed E-state index contributed by atoms with van der Waals surface area (Å²) >= 11 is 1.43. The Hall–Kier alpha value is -3.21. The second-order valence-electron chi connectivity index (χ2n) is 7.12. The number of amides is 1. The Balaban J connectivity index is 0.00000245. The highest BCUT2D eigenvalue weighted by Gasteiger charge is 2.52. The standard InChI is InChI=1S/C21H17BF2N4O2S.ClH/c23-22(24)27-15(12-16-6-10-19(28(16)22)20-2-1-11-31-20)5-9-18(27)14-3-7-17(8-4-14)30-13-21(29)26-25;/h1-12H,13,25H2,(H,26,29);1H. The zero-order valence-corrected chi connectivity index (χ0v) is 18.2. The number of fused-ring (bicyclic) bond motifs is 2. The van der Waals surface area contributed by atoms with Gasteiger partial charge in [0.1, 0.15) is 5.75 Å². The molecule has 0 saturated heterocycles. The number of hydrogen-bond donors (Lipinski definition) is 2. The van der Waals surface area contributed by atoms with Crippen LogP contribution in [0.2, 0.25) is 0 Å². The molecule has 3 N–H and O–H groups in total. The van der Waals surface area contributed by atoms with Gasteiger partial charge in [-0.05, 0) is 47.8 Å². The number of nitrogens with one attached hydrogen (secondary N) is 1. The molecule has 1 amide bonds. The van der Waals surface area contributed by atoms with E-state index in [0.717, 1.165) is 13.8 Å². The Morgan fingerprint density at radius 1 is 1.16 bits per heavy atom. The van der Waals surface area contributed by atoms with Crippen molar-refractivity contribution in [2.45, 2.75) is 0 Å². The summed E-state index contributed by atoms with van der Waals surface area (Å²) in [4.78, 5) is 12.0. The molecule has 4 heterocycles. The Kier molecular flexibility index (Phi) is 5.76. The van der Waals surface area contributed by atoms with Gasteiger partial charge in [0.2, 0.25) is 0 Å². The summed E-state index contributed by atoms with van der Waals surface area (Å²) in [5.74, 6) is 5.00. The first-order valence-electron chi connectivity index (χ1n) is 9.55. The fourth-order valence-corrected chi connectivity index (χ4v) is 4.64. The molecule has 0 saturated carbocycles. The van der Waals surface area contributed by atoms with Gasteiger partial charge in [-0.15, -0.1) is 23.7 Å². The SMILES string of the molecule is Cl.NNC(=O)COc1ccc(C2=[N+]3C(=Cc4ccc(-c5cccs5)n4[B-]3(F)F)C=C2)cc1. The van der Waals surface area contributed by atoms with Gasteiger partial charge in [0.25, 0.3) is 5.91 Å². The van der Waals surface area contributed by atoms with E-state index in [0.29, 0.717) is 34.1 Å². The van der Waals surface area contributed by atoms with E-state index in [4.69, 9.17) is 10.6 Å². The van der Waals surface area contributed by atoms with Crippen LogP contribution in [0.15, 0.2) is 71.8 Å². The highest BCUT2D eigenvalue weighted by Crippen LogP contribution is 2.37. The molecule has 0 unspecified atom stereocenters. The molecule has 6 nitrogen and oxygen atoms in total. The lowest BCUT2D eigenvalue weighted by Gasteiger charge is -2.30. The van der Waals surface area contributed by atoms with Gasteiger partial charge in [-0.25, -0.2) is 5.84 Å². The smallest absolute Gasteiger partial charge is 0.484 e. The van der Waals surface area contributed by atoms with Crippen LogP contribution in [0.3, 0.4) is 0 Å². The van der Waals surface area contributed by atoms with Crippen molar-refractivity contribution >= 4 is 48.4 Å². The van der Waals surface area contributed by atoms with Gasteiger partial charge in [0.05, 0.1) is 0 Å². The minimum absolute atomic E-state index is 0. The highest BCUT2D eigenvalue weighted by molar-refractivity contribution is 7.13. The van der Waals surface area contributed by atoms with Crippen LogP contribution in [0.5, 0.6) is 5.75 Å². The first kappa shape index (κ1) is 22.0. The number of thiophene rings is 1. The van der Waals surface area contributed by atoms with Crippen molar-refractivity contribution in [2.75, 3.05) is 6.61 Å². The Morgan fingerprint density at radius 2 is 1.94 bits per heavy atom. The number of rotatable bonds is 5. The zero-order chi connectivity index (χ0) is 21.6. The molecule has 0 radical (unpaired) electrons. The minimum Gasteiger partial charge on any atom is -0.484 e. The van der Waals surface area contributed by atoms with Crippen LogP contribution in [-0.4, -0.2) is 34.2 Å². The summed E-state index contributed by atoms with van der Waals surface area (Å²) < 4.78 is 39.3. The second-order valence-corrected chi connectivity index (χ2v) is 8.07. The molecule has 3 aromatic rings. The van der Waals surface area contributed by atoms with Crippen LogP contribution in [0.1, 0.15) is 11.3 Å². The number of carbonyl (C=O) groups excluding carboxylic acids is 1. The number of ether oxygens (including phenoxy) is 1. The predicted octanol–water partition coefficient (Wildman–Crippen LogP) is 3.66. The normalized spacial score (nSPS) is 15.5. The average molecular weight is 475 g/mol. The van der Waals surface area contributed by atoms with E-state index in [1.165, 1.54) is 11.3 Å². The van der Waals surface area contributed by atoms with Gasteiger partial charge < -0.3 is 22.3 Å². The summed E-state index contributed by atoms with van der Waals surface area (Å²) in [5.41, 5.74) is 4.42. The lowest BCUT2D eigenvalue weighted by atomic mass is 9.90. The van der Waals surface area contributed by atoms with Gasteiger partial charge >= 0.3 is 6.97 Å². The van der Waals surface area contributed by atoms with E-state index in [2.05, 4.69) is 0 Å². The second kappa shape index (κ2) is 8.38. The largest absolute Gasteiger partial charge is 0.737 e. The maximum Gasteiger partial charge on any atom is 0.737 e. The molecule has 2 aliphatic rings. The lowest BCUT2D eigenvalue weighted by Crippen LogP contribution is -2.50. The third-order valence-corrected chi connectivity index (χ3v) is 6.16. The summed E-state index contributed by atoms with van der Waals surface area (Å²) in [6.45, 7) is -4.33. The summed E-state index contributed by atoms with van der Waals surface area (Å²) in [7, 11) is 0. The first-order chi connectivity index (χ1) is 15.0. The fraction of sp³-hybridized carbons (Fsp3) is 0.0476. The molecule has 0 aliphatic carbocycles. The number of aromatic nitrogens is 1. The van der Waals surface area contributed by atoms with Crippen LogP contribution in [0.25, 0.3) is 16.6 Å². The van der Waals surface area contributed by atoms with Gasteiger partial charge in [-0.2, -0.15) is 0 Å². The van der Waals surface area contributed by atoms with Crippen molar-refractivity contribution in [3.05, 3.63) is 83.0 Å². The summed E-state index contributed by atoms with van der Waals surface area (Å²) in [6.07, 6.45) is 5.15. The Labute approximate surface area is 192 Å². The van der Waals surface area contributed by atoms with Gasteiger partial charge in [-0.3, -0.25) is 10.2 Å². The number of nitrogens with zero attached hydrogens (tertiary/aromatic N) is 2. The van der Waals surface area contributed by atoms with E-state index in [1.807, 2.05) is 22.9 Å². The molecule has 0 spiro atoms. The number of allylic oxidation sites excluding steroid dienone is 2. The zero-order valence-electron chi connectivity index (χ0n) is 16.6. The molecular formula is C21H18BClF2N4O2S. The molecule has 164 valence electrons. The van der Waals surface area contributed by atoms with Crippen molar-refractivity contribution < 1.29 is 22.6 Å².